The molecule has 0 aliphatic rings. The van der Waals surface area contributed by atoms with E-state index in [4.69, 9.17) is 16.9 Å². The summed E-state index contributed by atoms with van der Waals surface area (Å²) in [5.41, 5.74) is 0.570. The predicted octanol–water partition coefficient (Wildman–Crippen LogP) is 2.46. The summed E-state index contributed by atoms with van der Waals surface area (Å²) < 4.78 is 0. The lowest BCUT2D eigenvalue weighted by Crippen LogP contribution is -2.16. The molecular formula is C13H12ClN3O. The van der Waals surface area contributed by atoms with Gasteiger partial charge in [-0.15, -0.1) is 6.58 Å². The summed E-state index contributed by atoms with van der Waals surface area (Å²) >= 11 is 5.73. The van der Waals surface area contributed by atoms with E-state index >= 15 is 0 Å². The highest BCUT2D eigenvalue weighted by Crippen LogP contribution is 2.13. The molecular weight excluding hydrogens is 250 g/mol. The average molecular weight is 262 g/mol. The number of hydrogen-bond acceptors (Lipinski definition) is 3. The molecule has 0 aliphatic carbocycles. The zero-order chi connectivity index (χ0) is 13.4. The van der Waals surface area contributed by atoms with Crippen molar-refractivity contribution in [2.24, 2.45) is 0 Å². The third-order valence-corrected chi connectivity index (χ3v) is 2.23. The lowest BCUT2D eigenvalue weighted by molar-refractivity contribution is -0.112. The molecule has 1 aromatic rings. The molecule has 0 radical (unpaired) electrons. The third kappa shape index (κ3) is 4.32. The van der Waals surface area contributed by atoms with Crippen LogP contribution in [0.5, 0.6) is 0 Å². The number of amides is 1. The van der Waals surface area contributed by atoms with Crippen LogP contribution in [-0.4, -0.2) is 12.5 Å². The van der Waals surface area contributed by atoms with Crippen LogP contribution in [0.1, 0.15) is 0 Å². The first-order valence-electron chi connectivity index (χ1n) is 5.19. The first kappa shape index (κ1) is 13.8. The van der Waals surface area contributed by atoms with Gasteiger partial charge in [0.2, 0.25) is 0 Å². The molecule has 0 bridgehead atoms. The van der Waals surface area contributed by atoms with Crippen molar-refractivity contribution in [1.82, 2.24) is 5.32 Å². The van der Waals surface area contributed by atoms with Gasteiger partial charge in [-0.1, -0.05) is 17.7 Å². The molecule has 18 heavy (non-hydrogen) atoms. The zero-order valence-corrected chi connectivity index (χ0v) is 10.4. The lowest BCUT2D eigenvalue weighted by atomic mass is 10.2. The quantitative estimate of drug-likeness (QED) is 0.370. The molecule has 0 aliphatic heterocycles. The number of hydrogen-bond donors (Lipinski definition) is 2. The second kappa shape index (κ2) is 7.15. The maximum absolute atomic E-state index is 11.7. The number of nitrogens with zero attached hydrogens (tertiary/aromatic N) is 1. The van der Waals surface area contributed by atoms with Crippen molar-refractivity contribution in [3.05, 3.63) is 53.7 Å². The summed E-state index contributed by atoms with van der Waals surface area (Å²) in [5, 5.41) is 14.8. The molecule has 4 nitrogen and oxygen atoms in total. The third-order valence-electron chi connectivity index (χ3n) is 1.98. The molecule has 1 rings (SSSR count). The van der Waals surface area contributed by atoms with Crippen molar-refractivity contribution in [1.29, 1.82) is 5.26 Å². The van der Waals surface area contributed by atoms with Crippen molar-refractivity contribution in [2.75, 3.05) is 11.9 Å². The van der Waals surface area contributed by atoms with Crippen molar-refractivity contribution >= 4 is 23.2 Å². The van der Waals surface area contributed by atoms with Crippen molar-refractivity contribution < 1.29 is 4.79 Å². The first-order chi connectivity index (χ1) is 8.67. The van der Waals surface area contributed by atoms with Crippen LogP contribution in [0.3, 0.4) is 0 Å². The van der Waals surface area contributed by atoms with Gasteiger partial charge in [0, 0.05) is 23.5 Å². The van der Waals surface area contributed by atoms with Crippen LogP contribution < -0.4 is 10.6 Å². The number of carbonyl (C=O) groups is 1. The minimum absolute atomic E-state index is 0.00759. The minimum atomic E-state index is -0.476. The fraction of sp³-hybridized carbons (Fsp3) is 0.0769. The van der Waals surface area contributed by atoms with Gasteiger partial charge in [0.25, 0.3) is 5.91 Å². The van der Waals surface area contributed by atoms with E-state index in [9.17, 15) is 4.79 Å². The summed E-state index contributed by atoms with van der Waals surface area (Å²) in [6, 6.07) is 8.45. The average Bonchev–Trinajstić information content (AvgIpc) is 2.37. The Morgan fingerprint density at radius 1 is 1.44 bits per heavy atom. The summed E-state index contributed by atoms with van der Waals surface area (Å²) in [5.74, 6) is -0.476. The maximum atomic E-state index is 11.7. The SMILES string of the molecule is C=CCN/C=C(/C#N)C(=O)Nc1ccc(Cl)cc1. The van der Waals surface area contributed by atoms with Crippen LogP contribution in [0.4, 0.5) is 5.69 Å². The van der Waals surface area contributed by atoms with Crippen molar-refractivity contribution in [2.45, 2.75) is 0 Å². The monoisotopic (exact) mass is 261 g/mol. The molecule has 0 spiro atoms. The highest BCUT2D eigenvalue weighted by molar-refractivity contribution is 6.30. The number of halogens is 1. The normalized spacial score (nSPS) is 10.3. The second-order valence-electron chi connectivity index (χ2n) is 3.33. The van der Waals surface area contributed by atoms with E-state index in [0.29, 0.717) is 17.3 Å². The first-order valence-corrected chi connectivity index (χ1v) is 5.56. The van der Waals surface area contributed by atoms with Crippen LogP contribution in [0.2, 0.25) is 5.02 Å². The molecule has 0 saturated carbocycles. The number of benzene rings is 1. The number of rotatable bonds is 5. The fourth-order valence-corrected chi connectivity index (χ4v) is 1.25. The number of anilines is 1. The van der Waals surface area contributed by atoms with Gasteiger partial charge >= 0.3 is 0 Å². The Bertz CT molecular complexity index is 500. The van der Waals surface area contributed by atoms with E-state index in [1.807, 2.05) is 6.07 Å². The van der Waals surface area contributed by atoms with E-state index in [1.54, 1.807) is 30.3 Å². The Kier molecular flexibility index (Phi) is 5.49. The number of carbonyl (C=O) groups excluding carboxylic acids is 1. The summed E-state index contributed by atoms with van der Waals surface area (Å²) in [7, 11) is 0. The van der Waals surface area contributed by atoms with Gasteiger partial charge in [0.15, 0.2) is 0 Å². The van der Waals surface area contributed by atoms with Crippen LogP contribution in [0.25, 0.3) is 0 Å². The zero-order valence-electron chi connectivity index (χ0n) is 9.61. The summed E-state index contributed by atoms with van der Waals surface area (Å²) in [6.07, 6.45) is 2.98. The van der Waals surface area contributed by atoms with Gasteiger partial charge < -0.3 is 10.6 Å². The van der Waals surface area contributed by atoms with Crippen molar-refractivity contribution in [3.63, 3.8) is 0 Å². The lowest BCUT2D eigenvalue weighted by Gasteiger charge is -2.04. The molecule has 2 N–H and O–H groups in total. The van der Waals surface area contributed by atoms with E-state index in [-0.39, 0.29) is 5.57 Å². The largest absolute Gasteiger partial charge is 0.386 e. The molecule has 0 saturated heterocycles. The Balaban J connectivity index is 2.68. The Labute approximate surface area is 111 Å². The van der Waals surface area contributed by atoms with Gasteiger partial charge in [-0.2, -0.15) is 5.26 Å². The molecule has 1 aromatic carbocycles. The summed E-state index contributed by atoms with van der Waals surface area (Å²) in [6.45, 7) is 4.00. The molecule has 0 fully saturated rings. The molecule has 0 heterocycles. The van der Waals surface area contributed by atoms with E-state index in [1.165, 1.54) is 6.20 Å². The molecule has 0 aromatic heterocycles. The Morgan fingerprint density at radius 3 is 2.67 bits per heavy atom. The molecule has 0 unspecified atom stereocenters. The maximum Gasteiger partial charge on any atom is 0.267 e. The Morgan fingerprint density at radius 2 is 2.11 bits per heavy atom. The second-order valence-corrected chi connectivity index (χ2v) is 3.76. The summed E-state index contributed by atoms with van der Waals surface area (Å²) in [4.78, 5) is 11.7. The highest BCUT2D eigenvalue weighted by atomic mass is 35.5. The molecule has 1 amide bonds. The van der Waals surface area contributed by atoms with Gasteiger partial charge in [-0.25, -0.2) is 0 Å². The van der Waals surface area contributed by atoms with Crippen molar-refractivity contribution in [3.8, 4) is 6.07 Å². The van der Waals surface area contributed by atoms with Crippen LogP contribution in [0, 0.1) is 11.3 Å². The van der Waals surface area contributed by atoms with E-state index < -0.39 is 5.91 Å². The predicted molar refractivity (Wildman–Crippen MR) is 72.0 cm³/mol. The number of nitriles is 1. The van der Waals surface area contributed by atoms with Gasteiger partial charge in [-0.3, -0.25) is 4.79 Å². The molecule has 5 heteroatoms. The highest BCUT2D eigenvalue weighted by Gasteiger charge is 2.08. The van der Waals surface area contributed by atoms with Gasteiger partial charge in [-0.05, 0) is 24.3 Å². The molecule has 92 valence electrons. The smallest absolute Gasteiger partial charge is 0.267 e. The topological polar surface area (TPSA) is 64.9 Å². The molecule has 0 atom stereocenters. The fourth-order valence-electron chi connectivity index (χ4n) is 1.12. The minimum Gasteiger partial charge on any atom is -0.386 e. The van der Waals surface area contributed by atoms with E-state index in [0.717, 1.165) is 0 Å². The van der Waals surface area contributed by atoms with Crippen LogP contribution in [0.15, 0.2) is 48.7 Å². The standard InChI is InChI=1S/C13H12ClN3O/c1-2-7-16-9-10(8-15)13(18)17-12-5-3-11(14)4-6-12/h2-6,9,16H,1,7H2,(H,17,18)/b10-9-. The van der Waals surface area contributed by atoms with E-state index in [2.05, 4.69) is 17.2 Å². The Hall–Kier alpha value is -2.25. The van der Waals surface area contributed by atoms with Gasteiger partial charge in [0.05, 0.1) is 0 Å². The van der Waals surface area contributed by atoms with Gasteiger partial charge in [0.1, 0.15) is 11.6 Å². The van der Waals surface area contributed by atoms with Crippen LogP contribution >= 0.6 is 11.6 Å². The van der Waals surface area contributed by atoms with Crippen LogP contribution in [-0.2, 0) is 4.79 Å². The number of nitrogens with one attached hydrogen (secondary N) is 2.